The Hall–Kier alpha value is -2.63. The lowest BCUT2D eigenvalue weighted by Crippen LogP contribution is -2.64. The summed E-state index contributed by atoms with van der Waals surface area (Å²) >= 11 is 0. The van der Waals surface area contributed by atoms with Crippen molar-refractivity contribution in [2.24, 2.45) is 0 Å². The largest absolute Gasteiger partial charge is 0.472 e. The second-order valence-corrected chi connectivity index (χ2v) is 19.1. The first-order valence-electron chi connectivity index (χ1n) is 23.8. The van der Waals surface area contributed by atoms with E-state index in [1.807, 2.05) is 36.5 Å². The molecule has 7 N–H and O–H groups in total. The van der Waals surface area contributed by atoms with Crippen molar-refractivity contribution in [2.75, 3.05) is 13.2 Å². The third kappa shape index (κ3) is 31.4. The van der Waals surface area contributed by atoms with Crippen molar-refractivity contribution in [3.8, 4) is 0 Å². The molecule has 66 heavy (non-hydrogen) atoms. The highest BCUT2D eigenvalue weighted by atomic mass is 31.2. The van der Waals surface area contributed by atoms with Gasteiger partial charge in [-0.25, -0.2) is 9.13 Å². The number of esters is 2. The van der Waals surface area contributed by atoms with Crippen molar-refractivity contribution in [3.63, 3.8) is 0 Å². The van der Waals surface area contributed by atoms with Gasteiger partial charge in [-0.2, -0.15) is 0 Å². The van der Waals surface area contributed by atoms with E-state index in [0.717, 1.165) is 70.6 Å². The van der Waals surface area contributed by atoms with Gasteiger partial charge in [-0.05, 0) is 70.3 Å². The van der Waals surface area contributed by atoms with Crippen LogP contribution >= 0.6 is 15.6 Å². The molecule has 1 rings (SSSR count). The monoisotopic (exact) mass is 978 g/mol. The number of rotatable bonds is 39. The number of ether oxygens (including phenoxy) is 2. The van der Waals surface area contributed by atoms with Crippen LogP contribution in [-0.4, -0.2) is 109 Å². The van der Waals surface area contributed by atoms with Crippen molar-refractivity contribution in [1.29, 1.82) is 0 Å². The van der Waals surface area contributed by atoms with Crippen molar-refractivity contribution in [2.45, 2.75) is 204 Å². The highest BCUT2D eigenvalue weighted by Crippen LogP contribution is 2.49. The van der Waals surface area contributed by atoms with Crippen molar-refractivity contribution in [1.82, 2.24) is 0 Å². The number of carbonyl (C=O) groups is 3. The van der Waals surface area contributed by atoms with Crippen LogP contribution in [0, 0.1) is 0 Å². The Morgan fingerprint density at radius 2 is 1.03 bits per heavy atom. The number of hydrogen-bond donors (Lipinski definition) is 7. The van der Waals surface area contributed by atoms with Gasteiger partial charge in [0, 0.05) is 19.3 Å². The first-order chi connectivity index (χ1) is 31.5. The maximum Gasteiger partial charge on any atom is 0.472 e. The normalized spacial score (nSPS) is 22.0. The molecule has 380 valence electrons. The van der Waals surface area contributed by atoms with E-state index in [-0.39, 0.29) is 18.6 Å². The lowest BCUT2D eigenvalue weighted by molar-refractivity contribution is -0.216. The molecule has 0 aliphatic heterocycles. The molecule has 0 aromatic carbocycles. The van der Waals surface area contributed by atoms with E-state index in [0.29, 0.717) is 38.5 Å². The van der Waals surface area contributed by atoms with Gasteiger partial charge < -0.3 is 44.6 Å². The topological polar surface area (TPSA) is 273 Å². The summed E-state index contributed by atoms with van der Waals surface area (Å²) in [5, 5.41) is 41.2. The van der Waals surface area contributed by atoms with Gasteiger partial charge in [-0.3, -0.25) is 28.0 Å². The average molecular weight is 979 g/mol. The highest BCUT2D eigenvalue weighted by molar-refractivity contribution is 7.47. The number of unbranched alkanes of at least 4 members (excludes halogenated alkanes) is 14. The number of carbonyl (C=O) groups excluding carboxylic acids is 3. The molecule has 19 heteroatoms. The minimum atomic E-state index is -5.38. The Morgan fingerprint density at radius 3 is 1.67 bits per heavy atom. The number of aliphatic hydroxyl groups is 4. The van der Waals surface area contributed by atoms with Gasteiger partial charge >= 0.3 is 27.6 Å². The molecule has 0 spiro atoms. The van der Waals surface area contributed by atoms with Crippen LogP contribution in [0.2, 0.25) is 0 Å². The summed E-state index contributed by atoms with van der Waals surface area (Å²) in [4.78, 5) is 66.0. The predicted octanol–water partition coefficient (Wildman–Crippen LogP) is 8.24. The first kappa shape index (κ1) is 61.4. The standard InChI is InChI=1S/C47H80O17P2/c1-3-5-7-8-9-10-11-12-13-14-17-20-23-26-30-34-40(49)60-36-39(37-61-66(58,59)64-47-44(53)42(51)43(52)46(45(47)54)63-65(55,56)57)62-41(50)35-31-27-24-21-18-15-16-19-22-25-29-33-38(48)32-28-6-4-2/h10-11,15-16,21-22,24-25,29,33,39,42-47,51-54H,3-9,12-14,17-20,23,26-28,30-32,34-37H2,1-2H3,(H,58,59)(H2,55,56,57)/b11-10-,16-15-,24-21-,25-22-,33-29+/t39-,42?,43?,44?,45?,46-,47+/m1/s1. The van der Waals surface area contributed by atoms with Crippen LogP contribution < -0.4 is 0 Å². The molecule has 1 saturated carbocycles. The molecule has 0 saturated heterocycles. The Labute approximate surface area is 392 Å². The van der Waals surface area contributed by atoms with E-state index in [2.05, 4.69) is 30.5 Å². The third-order valence-electron chi connectivity index (χ3n) is 10.5. The Balaban J connectivity index is 2.66. The zero-order chi connectivity index (χ0) is 49.1. The SMILES string of the molecule is CCCCCC/C=C\CCCCCCCCCC(=O)OC[C@H](COP(=O)(O)O[C@H]1C(O)C(O)C(O)[C@@H](OP(=O)(O)O)C1O)OC(=O)CCC/C=C\C/C=C\C/C=C\C=C\C(=O)CCCCC. The summed E-state index contributed by atoms with van der Waals surface area (Å²) in [6, 6.07) is 0. The third-order valence-corrected chi connectivity index (χ3v) is 12.0. The van der Waals surface area contributed by atoms with Crippen LogP contribution in [0.1, 0.15) is 162 Å². The molecule has 8 atom stereocenters. The summed E-state index contributed by atoms with van der Waals surface area (Å²) in [5.74, 6) is -1.19. The maximum absolute atomic E-state index is 13.0. The van der Waals surface area contributed by atoms with Gasteiger partial charge in [0.1, 0.15) is 43.2 Å². The van der Waals surface area contributed by atoms with Crippen molar-refractivity contribution in [3.05, 3.63) is 60.8 Å². The second-order valence-electron chi connectivity index (χ2n) is 16.5. The molecule has 1 fully saturated rings. The molecule has 0 bridgehead atoms. The quantitative estimate of drug-likeness (QED) is 0.00763. The summed E-state index contributed by atoms with van der Waals surface area (Å²) in [6.45, 7) is 2.88. The minimum absolute atomic E-state index is 0.0607. The number of phosphoric ester groups is 2. The maximum atomic E-state index is 13.0. The number of hydrogen-bond acceptors (Lipinski definition) is 14. The van der Waals surface area contributed by atoms with Crippen LogP contribution in [0.5, 0.6) is 0 Å². The lowest BCUT2D eigenvalue weighted by atomic mass is 9.85. The lowest BCUT2D eigenvalue weighted by Gasteiger charge is -2.43. The fourth-order valence-corrected chi connectivity index (χ4v) is 8.33. The zero-order valence-corrected chi connectivity index (χ0v) is 40.9. The highest BCUT2D eigenvalue weighted by Gasteiger charge is 2.54. The van der Waals surface area contributed by atoms with Crippen molar-refractivity contribution >= 4 is 33.4 Å². The number of phosphoric acid groups is 2. The summed E-state index contributed by atoms with van der Waals surface area (Å²) in [6.07, 6.45) is 24.5. The average Bonchev–Trinajstić information content (AvgIpc) is 3.26. The number of aliphatic hydroxyl groups excluding tert-OH is 4. The van der Waals surface area contributed by atoms with E-state index < -0.39 is 83.5 Å². The molecule has 0 aromatic rings. The van der Waals surface area contributed by atoms with Gasteiger partial charge in [0.15, 0.2) is 11.9 Å². The molecule has 0 radical (unpaired) electrons. The number of allylic oxidation sites excluding steroid dienone is 10. The Bertz CT molecular complexity index is 1570. The van der Waals surface area contributed by atoms with Gasteiger partial charge in [0.2, 0.25) is 0 Å². The molecule has 0 aromatic heterocycles. The van der Waals surface area contributed by atoms with Crippen LogP contribution in [0.15, 0.2) is 60.8 Å². The molecule has 17 nitrogen and oxygen atoms in total. The molecule has 0 heterocycles. The predicted molar refractivity (Wildman–Crippen MR) is 251 cm³/mol. The van der Waals surface area contributed by atoms with E-state index in [9.17, 15) is 48.8 Å². The van der Waals surface area contributed by atoms with E-state index in [1.165, 1.54) is 25.7 Å². The zero-order valence-electron chi connectivity index (χ0n) is 39.1. The van der Waals surface area contributed by atoms with Gasteiger partial charge in [-0.1, -0.05) is 133 Å². The molecule has 0 amide bonds. The Morgan fingerprint density at radius 1 is 0.530 bits per heavy atom. The van der Waals surface area contributed by atoms with Crippen LogP contribution in [0.25, 0.3) is 0 Å². The molecule has 1 aliphatic rings. The van der Waals surface area contributed by atoms with E-state index in [1.54, 1.807) is 12.2 Å². The van der Waals surface area contributed by atoms with Gasteiger partial charge in [-0.15, -0.1) is 0 Å². The fourth-order valence-electron chi connectivity index (χ4n) is 6.79. The van der Waals surface area contributed by atoms with Gasteiger partial charge in [0.25, 0.3) is 0 Å². The minimum Gasteiger partial charge on any atom is -0.462 e. The van der Waals surface area contributed by atoms with Gasteiger partial charge in [0.05, 0.1) is 6.61 Å². The van der Waals surface area contributed by atoms with Crippen molar-refractivity contribution < 1.29 is 81.7 Å². The molecule has 5 unspecified atom stereocenters. The summed E-state index contributed by atoms with van der Waals surface area (Å²) < 4.78 is 49.3. The second kappa shape index (κ2) is 37.3. The van der Waals surface area contributed by atoms with Crippen LogP contribution in [-0.2, 0) is 46.6 Å². The molecule has 1 aliphatic carbocycles. The van der Waals surface area contributed by atoms with Crippen LogP contribution in [0.3, 0.4) is 0 Å². The van der Waals surface area contributed by atoms with E-state index in [4.69, 9.17) is 28.3 Å². The smallest absolute Gasteiger partial charge is 0.462 e. The summed E-state index contributed by atoms with van der Waals surface area (Å²) in [7, 11) is -10.7. The molecular weight excluding hydrogens is 898 g/mol. The fraction of sp³-hybridized carbons (Fsp3) is 0.723. The van der Waals surface area contributed by atoms with E-state index >= 15 is 0 Å². The summed E-state index contributed by atoms with van der Waals surface area (Å²) in [5.41, 5.74) is 0. The molecular formula is C47H80O17P2. The first-order valence-corrected chi connectivity index (χ1v) is 26.8. The number of ketones is 1. The Kier molecular flexibility index (Phi) is 34.7. The van der Waals surface area contributed by atoms with Crippen LogP contribution in [0.4, 0.5) is 0 Å².